The fourth-order valence-corrected chi connectivity index (χ4v) is 2.26. The Hall–Kier alpha value is -0.0400. The monoisotopic (exact) mass is 139 g/mol. The van der Waals surface area contributed by atoms with Gasteiger partial charge in [0.2, 0.25) is 0 Å². The maximum atomic E-state index is 3.62. The first-order valence-corrected chi connectivity index (χ1v) is 4.63. The summed E-state index contributed by atoms with van der Waals surface area (Å²) in [4.78, 5) is 0. The van der Waals surface area contributed by atoms with Gasteiger partial charge in [0, 0.05) is 6.04 Å². The summed E-state index contributed by atoms with van der Waals surface area (Å²) in [6, 6.07) is 0.919. The standard InChI is InChI=1S/C9H17N/c1-2-7-5-8-3-4-9(8)10-6-7/h7-10H,2-6H2,1H3. The predicted octanol–water partition coefficient (Wildman–Crippen LogP) is 1.78. The lowest BCUT2D eigenvalue weighted by Gasteiger charge is -2.44. The van der Waals surface area contributed by atoms with Gasteiger partial charge in [-0.25, -0.2) is 0 Å². The van der Waals surface area contributed by atoms with E-state index in [0.29, 0.717) is 0 Å². The Morgan fingerprint density at radius 1 is 1.40 bits per heavy atom. The van der Waals surface area contributed by atoms with Crippen molar-refractivity contribution < 1.29 is 0 Å². The molecule has 2 fully saturated rings. The molecule has 0 bridgehead atoms. The molecule has 2 aliphatic rings. The van der Waals surface area contributed by atoms with Gasteiger partial charge in [-0.05, 0) is 37.6 Å². The maximum Gasteiger partial charge on any atom is 0.00956 e. The van der Waals surface area contributed by atoms with Crippen molar-refractivity contribution >= 4 is 0 Å². The number of hydrogen-bond acceptors (Lipinski definition) is 1. The van der Waals surface area contributed by atoms with E-state index in [9.17, 15) is 0 Å². The summed E-state index contributed by atoms with van der Waals surface area (Å²) < 4.78 is 0. The van der Waals surface area contributed by atoms with Gasteiger partial charge in [0.05, 0.1) is 0 Å². The minimum Gasteiger partial charge on any atom is -0.313 e. The van der Waals surface area contributed by atoms with Gasteiger partial charge in [-0.1, -0.05) is 13.3 Å². The van der Waals surface area contributed by atoms with Crippen molar-refractivity contribution in [2.24, 2.45) is 11.8 Å². The second kappa shape index (κ2) is 2.54. The van der Waals surface area contributed by atoms with E-state index in [2.05, 4.69) is 12.2 Å². The molecule has 1 heteroatoms. The molecule has 1 heterocycles. The summed E-state index contributed by atoms with van der Waals surface area (Å²) in [7, 11) is 0. The lowest BCUT2D eigenvalue weighted by Crippen LogP contribution is -2.51. The van der Waals surface area contributed by atoms with Gasteiger partial charge >= 0.3 is 0 Å². The molecule has 0 radical (unpaired) electrons. The molecular weight excluding hydrogens is 122 g/mol. The zero-order valence-corrected chi connectivity index (χ0v) is 6.77. The molecule has 0 aromatic rings. The second-order valence-corrected chi connectivity index (χ2v) is 3.86. The van der Waals surface area contributed by atoms with Crippen LogP contribution in [0.25, 0.3) is 0 Å². The average molecular weight is 139 g/mol. The Morgan fingerprint density at radius 3 is 2.80 bits per heavy atom. The van der Waals surface area contributed by atoms with Crippen LogP contribution in [0.3, 0.4) is 0 Å². The van der Waals surface area contributed by atoms with Gasteiger partial charge in [0.15, 0.2) is 0 Å². The van der Waals surface area contributed by atoms with Crippen molar-refractivity contribution in [3.05, 3.63) is 0 Å². The molecule has 1 saturated carbocycles. The third-order valence-corrected chi connectivity index (χ3v) is 3.30. The Balaban J connectivity index is 1.86. The summed E-state index contributed by atoms with van der Waals surface area (Å²) in [5.74, 6) is 2.04. The minimum atomic E-state index is 0.919. The molecule has 1 aliphatic heterocycles. The third-order valence-electron chi connectivity index (χ3n) is 3.30. The van der Waals surface area contributed by atoms with Crippen LogP contribution in [0, 0.1) is 11.8 Å². The third kappa shape index (κ3) is 0.968. The van der Waals surface area contributed by atoms with E-state index in [1.165, 1.54) is 32.2 Å². The van der Waals surface area contributed by atoms with Crippen LogP contribution < -0.4 is 5.32 Å². The lowest BCUT2D eigenvalue weighted by molar-refractivity contribution is 0.120. The Kier molecular flexibility index (Phi) is 1.69. The highest BCUT2D eigenvalue weighted by atomic mass is 15.0. The molecule has 10 heavy (non-hydrogen) atoms. The zero-order valence-electron chi connectivity index (χ0n) is 6.77. The lowest BCUT2D eigenvalue weighted by atomic mass is 9.71. The summed E-state index contributed by atoms with van der Waals surface area (Å²) in [6.07, 6.45) is 5.82. The fourth-order valence-electron chi connectivity index (χ4n) is 2.26. The van der Waals surface area contributed by atoms with Crippen LogP contribution in [0.2, 0.25) is 0 Å². The van der Waals surface area contributed by atoms with E-state index in [1.54, 1.807) is 0 Å². The van der Waals surface area contributed by atoms with Gasteiger partial charge in [0.25, 0.3) is 0 Å². The summed E-state index contributed by atoms with van der Waals surface area (Å²) in [5.41, 5.74) is 0. The van der Waals surface area contributed by atoms with Crippen LogP contribution >= 0.6 is 0 Å². The van der Waals surface area contributed by atoms with Crippen LogP contribution in [0.5, 0.6) is 0 Å². The van der Waals surface area contributed by atoms with Crippen molar-refractivity contribution in [3.8, 4) is 0 Å². The van der Waals surface area contributed by atoms with Crippen LogP contribution in [-0.4, -0.2) is 12.6 Å². The zero-order chi connectivity index (χ0) is 6.97. The molecule has 2 rings (SSSR count). The van der Waals surface area contributed by atoms with E-state index >= 15 is 0 Å². The van der Waals surface area contributed by atoms with Gasteiger partial charge in [-0.2, -0.15) is 0 Å². The number of fused-ring (bicyclic) bond motifs is 1. The molecule has 3 atom stereocenters. The number of rotatable bonds is 1. The number of piperidine rings is 1. The molecule has 0 amide bonds. The Bertz CT molecular complexity index is 120. The smallest absolute Gasteiger partial charge is 0.00956 e. The van der Waals surface area contributed by atoms with E-state index in [4.69, 9.17) is 0 Å². The predicted molar refractivity (Wildman–Crippen MR) is 42.9 cm³/mol. The molecule has 1 N–H and O–H groups in total. The summed E-state index contributed by atoms with van der Waals surface area (Å²) in [6.45, 7) is 3.60. The normalized spacial score (nSPS) is 45.9. The van der Waals surface area contributed by atoms with Crippen LogP contribution in [0.4, 0.5) is 0 Å². The fraction of sp³-hybridized carbons (Fsp3) is 1.00. The topological polar surface area (TPSA) is 12.0 Å². The van der Waals surface area contributed by atoms with Gasteiger partial charge in [0.1, 0.15) is 0 Å². The molecule has 3 unspecified atom stereocenters. The van der Waals surface area contributed by atoms with Crippen molar-refractivity contribution in [2.45, 2.75) is 38.6 Å². The average Bonchev–Trinajstić information content (AvgIpc) is 1.92. The van der Waals surface area contributed by atoms with E-state index in [-0.39, 0.29) is 0 Å². The summed E-state index contributed by atoms with van der Waals surface area (Å²) in [5, 5.41) is 3.62. The molecule has 0 aromatic carbocycles. The van der Waals surface area contributed by atoms with Gasteiger partial charge in [-0.3, -0.25) is 0 Å². The molecule has 1 nitrogen and oxygen atoms in total. The second-order valence-electron chi connectivity index (χ2n) is 3.86. The van der Waals surface area contributed by atoms with Gasteiger partial charge in [-0.15, -0.1) is 0 Å². The minimum absolute atomic E-state index is 0.919. The van der Waals surface area contributed by atoms with Crippen molar-refractivity contribution in [3.63, 3.8) is 0 Å². The molecule has 0 spiro atoms. The number of hydrogen-bond donors (Lipinski definition) is 1. The quantitative estimate of drug-likeness (QED) is 0.584. The SMILES string of the molecule is CCC1CNC2CCC2C1. The largest absolute Gasteiger partial charge is 0.313 e. The highest BCUT2D eigenvalue weighted by molar-refractivity contribution is 4.92. The van der Waals surface area contributed by atoms with Crippen molar-refractivity contribution in [1.82, 2.24) is 5.32 Å². The maximum absolute atomic E-state index is 3.62. The van der Waals surface area contributed by atoms with Crippen molar-refractivity contribution in [2.75, 3.05) is 6.54 Å². The van der Waals surface area contributed by atoms with E-state index < -0.39 is 0 Å². The molecule has 1 saturated heterocycles. The molecular formula is C9H17N. The van der Waals surface area contributed by atoms with Crippen LogP contribution in [0.1, 0.15) is 32.6 Å². The molecule has 0 aromatic heterocycles. The van der Waals surface area contributed by atoms with E-state index in [1.807, 2.05) is 0 Å². The Morgan fingerprint density at radius 2 is 2.30 bits per heavy atom. The highest BCUT2D eigenvalue weighted by Gasteiger charge is 2.35. The highest BCUT2D eigenvalue weighted by Crippen LogP contribution is 2.36. The number of nitrogens with one attached hydrogen (secondary N) is 1. The van der Waals surface area contributed by atoms with Crippen LogP contribution in [-0.2, 0) is 0 Å². The first-order chi connectivity index (χ1) is 4.90. The molecule has 58 valence electrons. The first-order valence-electron chi connectivity index (χ1n) is 4.63. The van der Waals surface area contributed by atoms with Crippen LogP contribution in [0.15, 0.2) is 0 Å². The van der Waals surface area contributed by atoms with Crippen molar-refractivity contribution in [1.29, 1.82) is 0 Å². The first kappa shape index (κ1) is 6.66. The summed E-state index contributed by atoms with van der Waals surface area (Å²) >= 11 is 0. The van der Waals surface area contributed by atoms with E-state index in [0.717, 1.165) is 17.9 Å². The van der Waals surface area contributed by atoms with Gasteiger partial charge < -0.3 is 5.32 Å². The Labute approximate surface area is 63.2 Å². The molecule has 1 aliphatic carbocycles.